The molecule has 15 heavy (non-hydrogen) atoms. The first-order chi connectivity index (χ1) is 7.12. The van der Waals surface area contributed by atoms with Crippen molar-refractivity contribution in [3.05, 3.63) is 0 Å². The molecule has 2 heteroatoms. The molecule has 2 unspecified atom stereocenters. The maximum absolute atomic E-state index is 6.09. The lowest BCUT2D eigenvalue weighted by molar-refractivity contribution is 0.0244. The molecule has 1 aliphatic heterocycles. The molecule has 2 fully saturated rings. The van der Waals surface area contributed by atoms with E-state index in [1.165, 1.54) is 51.6 Å². The van der Waals surface area contributed by atoms with Gasteiger partial charge in [0, 0.05) is 24.7 Å². The Bertz CT molecular complexity index is 209. The Morgan fingerprint density at radius 3 is 2.47 bits per heavy atom. The van der Waals surface area contributed by atoms with Crippen molar-refractivity contribution in [2.75, 3.05) is 13.1 Å². The molecule has 88 valence electrons. The zero-order chi connectivity index (χ0) is 10.9. The summed E-state index contributed by atoms with van der Waals surface area (Å²) in [5.74, 6) is 0.678. The first kappa shape index (κ1) is 11.4. The Morgan fingerprint density at radius 2 is 1.87 bits per heavy atom. The van der Waals surface area contributed by atoms with E-state index in [1.807, 2.05) is 0 Å². The number of piperidine rings is 1. The van der Waals surface area contributed by atoms with E-state index in [0.717, 1.165) is 0 Å². The van der Waals surface area contributed by atoms with Crippen LogP contribution in [0.3, 0.4) is 0 Å². The van der Waals surface area contributed by atoms with Crippen molar-refractivity contribution in [2.24, 2.45) is 11.7 Å². The minimum atomic E-state index is 0.438. The third kappa shape index (κ3) is 2.36. The van der Waals surface area contributed by atoms with E-state index in [2.05, 4.69) is 18.7 Å². The van der Waals surface area contributed by atoms with Gasteiger partial charge in [0.1, 0.15) is 0 Å². The molecule has 0 aromatic carbocycles. The predicted molar refractivity (Wildman–Crippen MR) is 64.8 cm³/mol. The molecule has 1 saturated carbocycles. The smallest absolute Gasteiger partial charge is 0.0181 e. The molecule has 2 N–H and O–H groups in total. The van der Waals surface area contributed by atoms with Gasteiger partial charge < -0.3 is 5.73 Å². The summed E-state index contributed by atoms with van der Waals surface area (Å²) in [6, 6.07) is 0.438. The fourth-order valence-electron chi connectivity index (χ4n) is 3.28. The van der Waals surface area contributed by atoms with Crippen LogP contribution in [0.25, 0.3) is 0 Å². The topological polar surface area (TPSA) is 29.3 Å². The van der Waals surface area contributed by atoms with E-state index in [-0.39, 0.29) is 0 Å². The highest BCUT2D eigenvalue weighted by atomic mass is 15.2. The number of hydrogen-bond acceptors (Lipinski definition) is 2. The second-order valence-electron chi connectivity index (χ2n) is 5.93. The molecule has 0 amide bonds. The summed E-state index contributed by atoms with van der Waals surface area (Å²) in [7, 11) is 0. The summed E-state index contributed by atoms with van der Waals surface area (Å²) < 4.78 is 0. The molecule has 2 nitrogen and oxygen atoms in total. The van der Waals surface area contributed by atoms with Crippen molar-refractivity contribution in [2.45, 2.75) is 64.0 Å². The minimum absolute atomic E-state index is 0.438. The van der Waals surface area contributed by atoms with Gasteiger partial charge in [0.2, 0.25) is 0 Å². The normalized spacial score (nSPS) is 37.8. The SMILES string of the molecule is CC1CN(C2(C)CCCCC2)CCC1N. The largest absolute Gasteiger partial charge is 0.327 e. The highest BCUT2D eigenvalue weighted by molar-refractivity contribution is 4.93. The molecular formula is C13H26N2. The van der Waals surface area contributed by atoms with Gasteiger partial charge in [-0.3, -0.25) is 4.90 Å². The lowest BCUT2D eigenvalue weighted by Crippen LogP contribution is -2.55. The molecule has 0 aromatic heterocycles. The van der Waals surface area contributed by atoms with Crippen LogP contribution in [0.1, 0.15) is 52.4 Å². The zero-order valence-corrected chi connectivity index (χ0v) is 10.3. The fraction of sp³-hybridized carbons (Fsp3) is 1.00. The summed E-state index contributed by atoms with van der Waals surface area (Å²) >= 11 is 0. The summed E-state index contributed by atoms with van der Waals surface area (Å²) in [5.41, 5.74) is 6.58. The minimum Gasteiger partial charge on any atom is -0.327 e. The number of likely N-dealkylation sites (tertiary alicyclic amines) is 1. The van der Waals surface area contributed by atoms with Crippen LogP contribution in [0.4, 0.5) is 0 Å². The van der Waals surface area contributed by atoms with Crippen molar-refractivity contribution in [3.63, 3.8) is 0 Å². The average molecular weight is 210 g/mol. The lowest BCUT2D eigenvalue weighted by Gasteiger charge is -2.48. The van der Waals surface area contributed by atoms with Crippen LogP contribution >= 0.6 is 0 Å². The monoisotopic (exact) mass is 210 g/mol. The summed E-state index contributed by atoms with van der Waals surface area (Å²) in [4.78, 5) is 2.72. The van der Waals surface area contributed by atoms with Crippen LogP contribution in [0.5, 0.6) is 0 Å². The lowest BCUT2D eigenvalue weighted by atomic mass is 9.79. The Morgan fingerprint density at radius 1 is 1.20 bits per heavy atom. The number of hydrogen-bond donors (Lipinski definition) is 1. The van der Waals surface area contributed by atoms with Gasteiger partial charge in [-0.25, -0.2) is 0 Å². The highest BCUT2D eigenvalue weighted by Gasteiger charge is 2.36. The number of nitrogens with zero attached hydrogens (tertiary/aromatic N) is 1. The van der Waals surface area contributed by atoms with Gasteiger partial charge in [0.25, 0.3) is 0 Å². The molecule has 0 bridgehead atoms. The Kier molecular flexibility index (Phi) is 3.36. The zero-order valence-electron chi connectivity index (χ0n) is 10.3. The molecule has 0 aromatic rings. The van der Waals surface area contributed by atoms with Crippen LogP contribution in [0, 0.1) is 5.92 Å². The standard InChI is InChI=1S/C13H26N2/c1-11-10-15(9-6-12(11)14)13(2)7-4-3-5-8-13/h11-12H,3-10,14H2,1-2H3. The van der Waals surface area contributed by atoms with Crippen molar-refractivity contribution in [1.29, 1.82) is 0 Å². The third-order valence-electron chi connectivity index (χ3n) is 4.67. The van der Waals surface area contributed by atoms with Gasteiger partial charge >= 0.3 is 0 Å². The van der Waals surface area contributed by atoms with Crippen LogP contribution in [0.15, 0.2) is 0 Å². The van der Waals surface area contributed by atoms with Crippen LogP contribution < -0.4 is 5.73 Å². The van der Waals surface area contributed by atoms with E-state index >= 15 is 0 Å². The van der Waals surface area contributed by atoms with Crippen molar-refractivity contribution >= 4 is 0 Å². The molecule has 1 saturated heterocycles. The Hall–Kier alpha value is -0.0800. The van der Waals surface area contributed by atoms with E-state index in [9.17, 15) is 0 Å². The Balaban J connectivity index is 1.97. The predicted octanol–water partition coefficient (Wildman–Crippen LogP) is 2.38. The Labute approximate surface area is 94.2 Å². The summed E-state index contributed by atoms with van der Waals surface area (Å²) in [6.07, 6.45) is 8.28. The molecule has 0 radical (unpaired) electrons. The fourth-order valence-corrected chi connectivity index (χ4v) is 3.28. The third-order valence-corrected chi connectivity index (χ3v) is 4.67. The van der Waals surface area contributed by atoms with Crippen LogP contribution in [0.2, 0.25) is 0 Å². The van der Waals surface area contributed by atoms with Crippen LogP contribution in [-0.4, -0.2) is 29.6 Å². The maximum Gasteiger partial charge on any atom is 0.0181 e. The number of nitrogens with two attached hydrogens (primary N) is 1. The van der Waals surface area contributed by atoms with Gasteiger partial charge in [-0.15, -0.1) is 0 Å². The molecule has 1 heterocycles. The maximum atomic E-state index is 6.09. The van der Waals surface area contributed by atoms with Crippen molar-refractivity contribution < 1.29 is 0 Å². The second-order valence-corrected chi connectivity index (χ2v) is 5.93. The molecule has 2 rings (SSSR count). The van der Waals surface area contributed by atoms with Crippen molar-refractivity contribution in [3.8, 4) is 0 Å². The van der Waals surface area contributed by atoms with Gasteiger partial charge in [0.15, 0.2) is 0 Å². The average Bonchev–Trinajstić information content (AvgIpc) is 2.23. The first-order valence-electron chi connectivity index (χ1n) is 6.62. The summed E-state index contributed by atoms with van der Waals surface area (Å²) in [5, 5.41) is 0. The van der Waals surface area contributed by atoms with E-state index in [4.69, 9.17) is 5.73 Å². The van der Waals surface area contributed by atoms with E-state index in [1.54, 1.807) is 0 Å². The van der Waals surface area contributed by atoms with Gasteiger partial charge in [-0.05, 0) is 32.1 Å². The van der Waals surface area contributed by atoms with Gasteiger partial charge in [0.05, 0.1) is 0 Å². The molecule has 0 spiro atoms. The molecule has 2 atom stereocenters. The quantitative estimate of drug-likeness (QED) is 0.720. The first-order valence-corrected chi connectivity index (χ1v) is 6.62. The molecule has 1 aliphatic carbocycles. The highest BCUT2D eigenvalue weighted by Crippen LogP contribution is 2.35. The van der Waals surface area contributed by atoms with E-state index < -0.39 is 0 Å². The van der Waals surface area contributed by atoms with Crippen molar-refractivity contribution in [1.82, 2.24) is 4.90 Å². The van der Waals surface area contributed by atoms with Crippen LogP contribution in [-0.2, 0) is 0 Å². The second kappa shape index (κ2) is 4.42. The van der Waals surface area contributed by atoms with E-state index in [0.29, 0.717) is 17.5 Å². The molecule has 2 aliphatic rings. The summed E-state index contributed by atoms with van der Waals surface area (Å²) in [6.45, 7) is 7.22. The van der Waals surface area contributed by atoms with Gasteiger partial charge in [-0.1, -0.05) is 26.2 Å². The molecular weight excluding hydrogens is 184 g/mol. The van der Waals surface area contributed by atoms with Gasteiger partial charge in [-0.2, -0.15) is 0 Å². The number of rotatable bonds is 1.